The highest BCUT2D eigenvalue weighted by Gasteiger charge is 2.43. The molecule has 8 heteroatoms. The number of amides is 3. The van der Waals surface area contributed by atoms with E-state index in [4.69, 9.17) is 4.74 Å². The smallest absolute Gasteiger partial charge is 0.411 e. The van der Waals surface area contributed by atoms with E-state index < -0.39 is 35.8 Å². The molecule has 0 aromatic heterocycles. The molecule has 1 unspecified atom stereocenters. The molecule has 4 atom stereocenters. The van der Waals surface area contributed by atoms with Crippen LogP contribution in [0.15, 0.2) is 84.9 Å². The van der Waals surface area contributed by atoms with Crippen LogP contribution < -0.4 is 5.32 Å². The molecule has 3 aromatic rings. The van der Waals surface area contributed by atoms with E-state index in [-0.39, 0.29) is 31.3 Å². The van der Waals surface area contributed by atoms with Crippen LogP contribution in [0.2, 0.25) is 0 Å². The molecule has 2 aliphatic heterocycles. The molecule has 42 heavy (non-hydrogen) atoms. The zero-order valence-electron chi connectivity index (χ0n) is 24.4. The SMILES string of the molecule is CC(C)(C)OC(=O)N1C[C@H](O)C[C@H]1C(=O)N[C@@H](Cc1ccccc1)C(=O)N1CCc2ccccc2C1c1ccccc1. The molecule has 8 nitrogen and oxygen atoms in total. The highest BCUT2D eigenvalue weighted by Crippen LogP contribution is 2.35. The number of β-amino-alcohol motifs (C(OH)–C–C–N with tert-alkyl or cyclic N) is 1. The highest BCUT2D eigenvalue weighted by molar-refractivity contribution is 5.92. The van der Waals surface area contributed by atoms with E-state index in [0.29, 0.717) is 13.0 Å². The van der Waals surface area contributed by atoms with Crippen molar-refractivity contribution in [3.63, 3.8) is 0 Å². The summed E-state index contributed by atoms with van der Waals surface area (Å²) in [5, 5.41) is 13.4. The fourth-order valence-electron chi connectivity index (χ4n) is 5.90. The lowest BCUT2D eigenvalue weighted by molar-refractivity contribution is -0.139. The third-order valence-corrected chi connectivity index (χ3v) is 7.79. The number of nitrogens with zero attached hydrogens (tertiary/aromatic N) is 2. The van der Waals surface area contributed by atoms with Gasteiger partial charge < -0.3 is 20.1 Å². The van der Waals surface area contributed by atoms with Crippen LogP contribution in [0.3, 0.4) is 0 Å². The number of nitrogens with one attached hydrogen (secondary N) is 1. The lowest BCUT2D eigenvalue weighted by Crippen LogP contribution is -2.56. The minimum atomic E-state index is -0.951. The molecule has 0 spiro atoms. The maximum Gasteiger partial charge on any atom is 0.411 e. The first kappa shape index (κ1) is 29.3. The molecule has 0 saturated carbocycles. The Hall–Kier alpha value is -4.17. The molecular weight excluding hydrogens is 530 g/mol. The Morgan fingerprint density at radius 2 is 1.57 bits per heavy atom. The van der Waals surface area contributed by atoms with Gasteiger partial charge in [-0.05, 0) is 49.4 Å². The molecule has 1 saturated heterocycles. The third-order valence-electron chi connectivity index (χ3n) is 7.79. The minimum absolute atomic E-state index is 0.0106. The second kappa shape index (κ2) is 12.4. The molecular formula is C34H39N3O5. The zero-order valence-corrected chi connectivity index (χ0v) is 24.4. The number of rotatable bonds is 6. The van der Waals surface area contributed by atoms with Crippen LogP contribution in [0.4, 0.5) is 4.79 Å². The number of carbonyl (C=O) groups is 3. The Bertz CT molecular complexity index is 1410. The van der Waals surface area contributed by atoms with E-state index in [1.165, 1.54) is 10.5 Å². The van der Waals surface area contributed by atoms with Crippen molar-refractivity contribution in [2.24, 2.45) is 0 Å². The summed E-state index contributed by atoms with van der Waals surface area (Å²) < 4.78 is 5.51. The van der Waals surface area contributed by atoms with Gasteiger partial charge in [0.05, 0.1) is 18.7 Å². The maximum atomic E-state index is 14.5. The summed E-state index contributed by atoms with van der Waals surface area (Å²) >= 11 is 0. The number of carbonyl (C=O) groups excluding carboxylic acids is 3. The van der Waals surface area contributed by atoms with Crippen molar-refractivity contribution in [2.45, 2.75) is 69.9 Å². The fourth-order valence-corrected chi connectivity index (χ4v) is 5.90. The van der Waals surface area contributed by atoms with Crippen LogP contribution in [0, 0.1) is 0 Å². The van der Waals surface area contributed by atoms with Gasteiger partial charge in [-0.2, -0.15) is 0 Å². The summed E-state index contributed by atoms with van der Waals surface area (Å²) in [5.74, 6) is -0.682. The molecule has 3 amide bonds. The Morgan fingerprint density at radius 3 is 2.26 bits per heavy atom. The molecule has 220 valence electrons. The number of hydrogen-bond acceptors (Lipinski definition) is 5. The normalized spacial score (nSPS) is 20.9. The Balaban J connectivity index is 1.45. The zero-order chi connectivity index (χ0) is 29.9. The molecule has 0 bridgehead atoms. The number of hydrogen-bond donors (Lipinski definition) is 2. The summed E-state index contributed by atoms with van der Waals surface area (Å²) in [6, 6.07) is 25.6. The van der Waals surface area contributed by atoms with E-state index >= 15 is 0 Å². The van der Waals surface area contributed by atoms with Gasteiger partial charge in [0.25, 0.3) is 0 Å². The lowest BCUT2D eigenvalue weighted by atomic mass is 9.87. The molecule has 2 heterocycles. The first-order chi connectivity index (χ1) is 20.1. The first-order valence-electron chi connectivity index (χ1n) is 14.6. The van der Waals surface area contributed by atoms with Crippen LogP contribution in [-0.2, 0) is 27.2 Å². The molecule has 3 aromatic carbocycles. The van der Waals surface area contributed by atoms with Gasteiger partial charge in [0.15, 0.2) is 0 Å². The number of likely N-dealkylation sites (tertiary alicyclic amines) is 1. The van der Waals surface area contributed by atoms with Crippen LogP contribution in [-0.4, -0.2) is 69.7 Å². The van der Waals surface area contributed by atoms with Crippen LogP contribution >= 0.6 is 0 Å². The number of fused-ring (bicyclic) bond motifs is 1. The van der Waals surface area contributed by atoms with Crippen molar-refractivity contribution in [1.82, 2.24) is 15.1 Å². The predicted molar refractivity (Wildman–Crippen MR) is 160 cm³/mol. The van der Waals surface area contributed by atoms with Crippen molar-refractivity contribution in [3.05, 3.63) is 107 Å². The highest BCUT2D eigenvalue weighted by atomic mass is 16.6. The van der Waals surface area contributed by atoms with Crippen molar-refractivity contribution in [3.8, 4) is 0 Å². The Kier molecular flexibility index (Phi) is 8.64. The van der Waals surface area contributed by atoms with E-state index in [9.17, 15) is 19.5 Å². The standard InChI is InChI=1S/C34H39N3O5/c1-34(2,3)42-33(41)37-22-26(38)21-29(37)31(39)35-28(20-23-12-6-4-7-13-23)32(40)36-19-18-24-14-10-11-17-27(24)30(36)25-15-8-5-9-16-25/h4-17,26,28-30,38H,18-22H2,1-3H3,(H,35,39)/t26-,28+,29+,30?/m1/s1. The molecule has 0 radical (unpaired) electrons. The molecule has 0 aliphatic carbocycles. The maximum absolute atomic E-state index is 14.5. The summed E-state index contributed by atoms with van der Waals surface area (Å²) in [6.45, 7) is 5.74. The average molecular weight is 570 g/mol. The first-order valence-corrected chi connectivity index (χ1v) is 14.6. The summed E-state index contributed by atoms with van der Waals surface area (Å²) in [4.78, 5) is 44.3. The Labute approximate surface area is 247 Å². The molecule has 2 aliphatic rings. The van der Waals surface area contributed by atoms with Gasteiger partial charge >= 0.3 is 6.09 Å². The Morgan fingerprint density at radius 1 is 0.929 bits per heavy atom. The second-order valence-electron chi connectivity index (χ2n) is 12.1. The largest absolute Gasteiger partial charge is 0.444 e. The van der Waals surface area contributed by atoms with E-state index in [2.05, 4.69) is 17.4 Å². The number of benzene rings is 3. The van der Waals surface area contributed by atoms with Gasteiger partial charge in [0.2, 0.25) is 11.8 Å². The van der Waals surface area contributed by atoms with E-state index in [1.54, 1.807) is 20.8 Å². The number of aliphatic hydroxyl groups is 1. The predicted octanol–water partition coefficient (Wildman–Crippen LogP) is 4.26. The topological polar surface area (TPSA) is 99.2 Å². The van der Waals surface area contributed by atoms with Gasteiger partial charge in [0, 0.05) is 19.4 Å². The van der Waals surface area contributed by atoms with Crippen molar-refractivity contribution >= 4 is 17.9 Å². The monoisotopic (exact) mass is 569 g/mol. The average Bonchev–Trinajstić information content (AvgIpc) is 3.38. The lowest BCUT2D eigenvalue weighted by Gasteiger charge is -2.40. The van der Waals surface area contributed by atoms with Gasteiger partial charge in [-0.25, -0.2) is 4.79 Å². The van der Waals surface area contributed by atoms with Crippen LogP contribution in [0.5, 0.6) is 0 Å². The minimum Gasteiger partial charge on any atom is -0.444 e. The van der Waals surface area contributed by atoms with Crippen molar-refractivity contribution in [1.29, 1.82) is 0 Å². The molecule has 2 N–H and O–H groups in total. The van der Waals surface area contributed by atoms with Gasteiger partial charge in [-0.3, -0.25) is 14.5 Å². The van der Waals surface area contributed by atoms with Crippen LogP contribution in [0.1, 0.15) is 55.5 Å². The third kappa shape index (κ3) is 6.65. The fraction of sp³-hybridized carbons (Fsp3) is 0.382. The summed E-state index contributed by atoms with van der Waals surface area (Å²) in [6.07, 6.45) is -0.466. The molecule has 1 fully saturated rings. The number of ether oxygens (including phenoxy) is 1. The van der Waals surface area contributed by atoms with E-state index in [1.807, 2.05) is 77.7 Å². The number of aliphatic hydroxyl groups excluding tert-OH is 1. The summed E-state index contributed by atoms with van der Waals surface area (Å²) in [5.41, 5.74) is 3.42. The van der Waals surface area contributed by atoms with E-state index in [0.717, 1.165) is 16.7 Å². The van der Waals surface area contributed by atoms with Crippen molar-refractivity contribution < 1.29 is 24.2 Å². The van der Waals surface area contributed by atoms with Crippen molar-refractivity contribution in [2.75, 3.05) is 13.1 Å². The molecule has 5 rings (SSSR count). The van der Waals surface area contributed by atoms with Gasteiger partial charge in [-0.15, -0.1) is 0 Å². The summed E-state index contributed by atoms with van der Waals surface area (Å²) in [7, 11) is 0. The quantitative estimate of drug-likeness (QED) is 0.462. The van der Waals surface area contributed by atoms with Crippen LogP contribution in [0.25, 0.3) is 0 Å². The second-order valence-corrected chi connectivity index (χ2v) is 12.1. The van der Waals surface area contributed by atoms with Gasteiger partial charge in [0.1, 0.15) is 17.7 Å². The van der Waals surface area contributed by atoms with Gasteiger partial charge in [-0.1, -0.05) is 84.9 Å².